The van der Waals surface area contributed by atoms with E-state index in [2.05, 4.69) is 9.72 Å². The number of nitrogens with two attached hydrogens (primary N) is 1. The Morgan fingerprint density at radius 2 is 2.07 bits per heavy atom. The first kappa shape index (κ1) is 11.1. The summed E-state index contributed by atoms with van der Waals surface area (Å²) in [6.07, 6.45) is 0. The first-order chi connectivity index (χ1) is 6.49. The number of halogens is 2. The third-order valence-electron chi connectivity index (χ3n) is 1.72. The topological polar surface area (TPSA) is 65.2 Å². The molecule has 1 heterocycles. The van der Waals surface area contributed by atoms with Crippen LogP contribution in [0.15, 0.2) is 0 Å². The number of carbonyl (C=O) groups excluding carboxylic acids is 1. The zero-order valence-corrected chi connectivity index (χ0v) is 9.11. The van der Waals surface area contributed by atoms with E-state index in [1.54, 1.807) is 6.92 Å². The van der Waals surface area contributed by atoms with Crippen LogP contribution in [0.25, 0.3) is 0 Å². The molecule has 0 spiro atoms. The highest BCUT2D eigenvalue weighted by Crippen LogP contribution is 2.30. The molecule has 0 bridgehead atoms. The molecule has 2 N–H and O–H groups in total. The van der Waals surface area contributed by atoms with Crippen LogP contribution in [-0.2, 0) is 4.74 Å². The summed E-state index contributed by atoms with van der Waals surface area (Å²) in [4.78, 5) is 15.0. The van der Waals surface area contributed by atoms with Gasteiger partial charge in [0.2, 0.25) is 0 Å². The van der Waals surface area contributed by atoms with E-state index < -0.39 is 5.97 Å². The van der Waals surface area contributed by atoms with E-state index in [1.165, 1.54) is 7.11 Å². The van der Waals surface area contributed by atoms with Crippen molar-refractivity contribution >= 4 is 34.9 Å². The number of hydrogen-bond acceptors (Lipinski definition) is 4. The molecule has 0 aliphatic rings. The number of nitrogen functional groups attached to an aromatic ring is 1. The van der Waals surface area contributed by atoms with Gasteiger partial charge in [0, 0.05) is 5.56 Å². The van der Waals surface area contributed by atoms with Crippen molar-refractivity contribution in [3.63, 3.8) is 0 Å². The van der Waals surface area contributed by atoms with Crippen molar-refractivity contribution in [1.29, 1.82) is 0 Å². The summed E-state index contributed by atoms with van der Waals surface area (Å²) in [5, 5.41) is 0.370. The van der Waals surface area contributed by atoms with Gasteiger partial charge >= 0.3 is 5.97 Å². The van der Waals surface area contributed by atoms with Crippen molar-refractivity contribution in [3.8, 4) is 0 Å². The van der Waals surface area contributed by atoms with Gasteiger partial charge in [0.1, 0.15) is 5.15 Å². The second-order valence-electron chi connectivity index (χ2n) is 2.60. The molecule has 14 heavy (non-hydrogen) atoms. The summed E-state index contributed by atoms with van der Waals surface area (Å²) in [6.45, 7) is 1.66. The molecule has 0 aliphatic heterocycles. The number of aromatic nitrogens is 1. The Bertz CT molecular complexity index is 393. The lowest BCUT2D eigenvalue weighted by Crippen LogP contribution is -2.10. The number of rotatable bonds is 1. The third kappa shape index (κ3) is 1.76. The highest BCUT2D eigenvalue weighted by atomic mass is 35.5. The molecule has 0 atom stereocenters. The van der Waals surface area contributed by atoms with Gasteiger partial charge in [-0.3, -0.25) is 0 Å². The average Bonchev–Trinajstić information content (AvgIpc) is 2.19. The number of hydrogen-bond donors (Lipinski definition) is 1. The zero-order valence-electron chi connectivity index (χ0n) is 7.60. The number of pyridine rings is 1. The van der Waals surface area contributed by atoms with Gasteiger partial charge in [-0.15, -0.1) is 0 Å². The predicted octanol–water partition coefficient (Wildman–Crippen LogP) is 2.07. The molecule has 0 radical (unpaired) electrons. The van der Waals surface area contributed by atoms with Gasteiger partial charge < -0.3 is 10.5 Å². The van der Waals surface area contributed by atoms with E-state index in [-0.39, 0.29) is 21.6 Å². The number of anilines is 1. The first-order valence-corrected chi connectivity index (χ1v) is 4.44. The molecule has 1 aromatic rings. The van der Waals surface area contributed by atoms with Crippen LogP contribution in [0.4, 0.5) is 5.69 Å². The van der Waals surface area contributed by atoms with Gasteiger partial charge in [-0.2, -0.15) is 0 Å². The lowest BCUT2D eigenvalue weighted by molar-refractivity contribution is 0.0595. The molecule has 0 amide bonds. The summed E-state index contributed by atoms with van der Waals surface area (Å²) in [5.74, 6) is -0.661. The van der Waals surface area contributed by atoms with Crippen LogP contribution in [0.2, 0.25) is 10.2 Å². The fourth-order valence-electron chi connectivity index (χ4n) is 0.891. The van der Waals surface area contributed by atoms with Crippen molar-refractivity contribution in [2.45, 2.75) is 6.92 Å². The van der Waals surface area contributed by atoms with Gasteiger partial charge in [0.15, 0.2) is 5.69 Å². The number of nitrogens with zero attached hydrogens (tertiary/aromatic N) is 1. The maximum atomic E-state index is 11.2. The molecule has 0 unspecified atom stereocenters. The number of esters is 1. The van der Waals surface area contributed by atoms with Crippen molar-refractivity contribution in [2.24, 2.45) is 0 Å². The third-order valence-corrected chi connectivity index (χ3v) is 2.57. The van der Waals surface area contributed by atoms with Crippen molar-refractivity contribution in [1.82, 2.24) is 4.98 Å². The minimum atomic E-state index is -0.661. The molecule has 0 fully saturated rings. The summed E-state index contributed by atoms with van der Waals surface area (Å²) in [7, 11) is 1.23. The molecule has 1 aromatic heterocycles. The molecular formula is C8H8Cl2N2O2. The monoisotopic (exact) mass is 234 g/mol. The van der Waals surface area contributed by atoms with Crippen molar-refractivity contribution in [3.05, 3.63) is 21.4 Å². The molecule has 0 saturated carbocycles. The predicted molar refractivity (Wildman–Crippen MR) is 54.7 cm³/mol. The van der Waals surface area contributed by atoms with Gasteiger partial charge in [-0.25, -0.2) is 9.78 Å². The van der Waals surface area contributed by atoms with Gasteiger partial charge in [-0.05, 0) is 6.92 Å². The van der Waals surface area contributed by atoms with Crippen molar-refractivity contribution in [2.75, 3.05) is 12.8 Å². The number of carbonyl (C=O) groups is 1. The summed E-state index contributed by atoms with van der Waals surface area (Å²) < 4.78 is 4.47. The Morgan fingerprint density at radius 1 is 1.50 bits per heavy atom. The minimum absolute atomic E-state index is 0.0619. The van der Waals surface area contributed by atoms with E-state index in [9.17, 15) is 4.79 Å². The van der Waals surface area contributed by atoms with Gasteiger partial charge in [0.05, 0.1) is 17.8 Å². The largest absolute Gasteiger partial charge is 0.464 e. The lowest BCUT2D eigenvalue weighted by atomic mass is 10.2. The minimum Gasteiger partial charge on any atom is -0.464 e. The number of ether oxygens (including phenoxy) is 1. The second kappa shape index (κ2) is 4.02. The van der Waals surface area contributed by atoms with Crippen LogP contribution in [-0.4, -0.2) is 18.1 Å². The Kier molecular flexibility index (Phi) is 3.18. The van der Waals surface area contributed by atoms with E-state index in [0.717, 1.165) is 0 Å². The van der Waals surface area contributed by atoms with E-state index >= 15 is 0 Å². The van der Waals surface area contributed by atoms with Crippen LogP contribution in [0.1, 0.15) is 16.1 Å². The average molecular weight is 235 g/mol. The molecular weight excluding hydrogens is 227 g/mol. The summed E-state index contributed by atoms with van der Waals surface area (Å²) in [5.41, 5.74) is 6.14. The summed E-state index contributed by atoms with van der Waals surface area (Å²) >= 11 is 11.6. The lowest BCUT2D eigenvalue weighted by Gasteiger charge is -2.08. The Balaban J connectivity index is 3.40. The molecule has 1 rings (SSSR count). The van der Waals surface area contributed by atoms with Gasteiger partial charge in [0.25, 0.3) is 0 Å². The fraction of sp³-hybridized carbons (Fsp3) is 0.250. The normalized spacial score (nSPS) is 10.0. The molecule has 0 aliphatic carbocycles. The van der Waals surface area contributed by atoms with E-state index in [4.69, 9.17) is 28.9 Å². The zero-order chi connectivity index (χ0) is 10.9. The van der Waals surface area contributed by atoms with Gasteiger partial charge in [-0.1, -0.05) is 23.2 Å². The van der Waals surface area contributed by atoms with Crippen LogP contribution in [0, 0.1) is 6.92 Å². The Labute approximate surface area is 91.0 Å². The Hall–Kier alpha value is -1.00. The SMILES string of the molecule is COC(=O)c1nc(Cl)c(C)c(Cl)c1N. The van der Waals surface area contributed by atoms with Crippen LogP contribution < -0.4 is 5.73 Å². The molecule has 76 valence electrons. The first-order valence-electron chi connectivity index (χ1n) is 3.68. The number of methoxy groups -OCH3 is 1. The Morgan fingerprint density at radius 3 is 2.57 bits per heavy atom. The van der Waals surface area contributed by atoms with Crippen LogP contribution >= 0.6 is 23.2 Å². The molecule has 0 saturated heterocycles. The fourth-order valence-corrected chi connectivity index (χ4v) is 1.30. The maximum absolute atomic E-state index is 11.2. The van der Waals surface area contributed by atoms with Crippen LogP contribution in [0.3, 0.4) is 0 Å². The molecule has 6 heteroatoms. The van der Waals surface area contributed by atoms with E-state index in [0.29, 0.717) is 5.56 Å². The highest BCUT2D eigenvalue weighted by molar-refractivity contribution is 6.37. The quantitative estimate of drug-likeness (QED) is 0.597. The smallest absolute Gasteiger partial charge is 0.358 e. The molecule has 0 aromatic carbocycles. The summed E-state index contributed by atoms with van der Waals surface area (Å²) in [6, 6.07) is 0. The standard InChI is InChI=1S/C8H8Cl2N2O2/c1-3-4(9)5(11)6(8(13)14-2)12-7(3)10/h11H2,1-2H3. The second-order valence-corrected chi connectivity index (χ2v) is 3.33. The van der Waals surface area contributed by atoms with Crippen molar-refractivity contribution < 1.29 is 9.53 Å². The highest BCUT2D eigenvalue weighted by Gasteiger charge is 2.18. The van der Waals surface area contributed by atoms with Crippen LogP contribution in [0.5, 0.6) is 0 Å². The maximum Gasteiger partial charge on any atom is 0.358 e. The van der Waals surface area contributed by atoms with E-state index in [1.807, 2.05) is 0 Å². The molecule has 4 nitrogen and oxygen atoms in total.